The zero-order valence-corrected chi connectivity index (χ0v) is 9.34. The van der Waals surface area contributed by atoms with Crippen LogP contribution in [0.25, 0.3) is 0 Å². The lowest BCUT2D eigenvalue weighted by atomic mass is 9.81. The summed E-state index contributed by atoms with van der Waals surface area (Å²) in [7, 11) is 0. The summed E-state index contributed by atoms with van der Waals surface area (Å²) in [6.45, 7) is 2.08. The predicted octanol–water partition coefficient (Wildman–Crippen LogP) is 2.62. The number of hydrogen-bond acceptors (Lipinski definition) is 2. The van der Waals surface area contributed by atoms with Crippen molar-refractivity contribution in [2.24, 2.45) is 0 Å². The van der Waals surface area contributed by atoms with Gasteiger partial charge in [-0.25, -0.2) is 0 Å². The fourth-order valence-corrected chi connectivity index (χ4v) is 2.37. The minimum absolute atomic E-state index is 0.203. The Labute approximate surface area is 87.3 Å². The van der Waals surface area contributed by atoms with Crippen LogP contribution in [0.1, 0.15) is 64.7 Å². The van der Waals surface area contributed by atoms with E-state index in [1.807, 2.05) is 0 Å². The summed E-state index contributed by atoms with van der Waals surface area (Å²) in [5.41, 5.74) is -0.451. The molecule has 1 aliphatic carbocycles. The summed E-state index contributed by atoms with van der Waals surface area (Å²) in [6, 6.07) is 0. The summed E-state index contributed by atoms with van der Waals surface area (Å²) >= 11 is 0. The Balaban J connectivity index is 2.21. The van der Waals surface area contributed by atoms with Gasteiger partial charge >= 0.3 is 0 Å². The largest absolute Gasteiger partial charge is 0.393 e. The molecule has 0 spiro atoms. The SMILES string of the molecule is CCCC(O)CCC1(O)CCCCC1. The van der Waals surface area contributed by atoms with E-state index in [2.05, 4.69) is 6.92 Å². The molecule has 0 amide bonds. The molecule has 0 aromatic carbocycles. The topological polar surface area (TPSA) is 40.5 Å². The number of aliphatic hydroxyl groups excluding tert-OH is 1. The van der Waals surface area contributed by atoms with Gasteiger partial charge in [0.25, 0.3) is 0 Å². The Morgan fingerprint density at radius 3 is 2.36 bits per heavy atom. The highest BCUT2D eigenvalue weighted by Gasteiger charge is 2.29. The zero-order chi connectivity index (χ0) is 10.4. The van der Waals surface area contributed by atoms with Crippen LogP contribution in [0.15, 0.2) is 0 Å². The lowest BCUT2D eigenvalue weighted by Gasteiger charge is -2.32. The third-order valence-corrected chi connectivity index (χ3v) is 3.35. The van der Waals surface area contributed by atoms with Crippen LogP contribution in [0, 0.1) is 0 Å². The predicted molar refractivity (Wildman–Crippen MR) is 58.2 cm³/mol. The van der Waals surface area contributed by atoms with Gasteiger partial charge in [-0.1, -0.05) is 32.6 Å². The van der Waals surface area contributed by atoms with Crippen molar-refractivity contribution in [3.63, 3.8) is 0 Å². The number of hydrogen-bond donors (Lipinski definition) is 2. The Kier molecular flexibility index (Phi) is 4.90. The average molecular weight is 200 g/mol. The second-order valence-electron chi connectivity index (χ2n) is 4.77. The molecule has 2 nitrogen and oxygen atoms in total. The molecule has 0 saturated heterocycles. The normalized spacial score (nSPS) is 23.4. The van der Waals surface area contributed by atoms with Gasteiger partial charge in [-0.05, 0) is 32.1 Å². The molecular weight excluding hydrogens is 176 g/mol. The van der Waals surface area contributed by atoms with E-state index in [1.54, 1.807) is 0 Å². The van der Waals surface area contributed by atoms with E-state index in [1.165, 1.54) is 6.42 Å². The summed E-state index contributed by atoms with van der Waals surface area (Å²) in [5, 5.41) is 19.8. The molecule has 1 fully saturated rings. The van der Waals surface area contributed by atoms with Crippen LogP contribution in [-0.2, 0) is 0 Å². The molecule has 0 aromatic rings. The average Bonchev–Trinajstić information content (AvgIpc) is 2.17. The molecule has 1 rings (SSSR count). The van der Waals surface area contributed by atoms with Gasteiger partial charge in [0.15, 0.2) is 0 Å². The standard InChI is InChI=1S/C12H24O2/c1-2-6-11(13)7-10-12(14)8-4-3-5-9-12/h11,13-14H,2-10H2,1H3. The van der Waals surface area contributed by atoms with Crippen molar-refractivity contribution < 1.29 is 10.2 Å². The summed E-state index contributed by atoms with van der Waals surface area (Å²) in [4.78, 5) is 0. The van der Waals surface area contributed by atoms with E-state index in [0.717, 1.165) is 51.4 Å². The molecular formula is C12H24O2. The first-order valence-corrected chi connectivity index (χ1v) is 6.07. The van der Waals surface area contributed by atoms with Gasteiger partial charge in [0.2, 0.25) is 0 Å². The first-order chi connectivity index (χ1) is 6.66. The molecule has 0 aromatic heterocycles. The molecule has 0 bridgehead atoms. The Morgan fingerprint density at radius 1 is 1.14 bits per heavy atom. The first kappa shape index (κ1) is 12.0. The minimum atomic E-state index is -0.451. The highest BCUT2D eigenvalue weighted by atomic mass is 16.3. The first-order valence-electron chi connectivity index (χ1n) is 6.07. The van der Waals surface area contributed by atoms with Crippen molar-refractivity contribution in [2.45, 2.75) is 76.4 Å². The summed E-state index contributed by atoms with van der Waals surface area (Å²) < 4.78 is 0. The Bertz CT molecular complexity index is 150. The third-order valence-electron chi connectivity index (χ3n) is 3.35. The maximum absolute atomic E-state index is 10.2. The number of rotatable bonds is 5. The van der Waals surface area contributed by atoms with Gasteiger partial charge < -0.3 is 10.2 Å². The van der Waals surface area contributed by atoms with E-state index in [0.29, 0.717) is 0 Å². The van der Waals surface area contributed by atoms with Gasteiger partial charge in [-0.15, -0.1) is 0 Å². The second-order valence-corrected chi connectivity index (χ2v) is 4.77. The molecule has 14 heavy (non-hydrogen) atoms. The second kappa shape index (κ2) is 5.72. The Hall–Kier alpha value is -0.0800. The van der Waals surface area contributed by atoms with Crippen molar-refractivity contribution in [3.05, 3.63) is 0 Å². The number of aliphatic hydroxyl groups is 2. The van der Waals surface area contributed by atoms with Gasteiger partial charge in [0, 0.05) is 0 Å². The van der Waals surface area contributed by atoms with Gasteiger partial charge in [0.05, 0.1) is 11.7 Å². The fourth-order valence-electron chi connectivity index (χ4n) is 2.37. The highest BCUT2D eigenvalue weighted by molar-refractivity contribution is 4.82. The van der Waals surface area contributed by atoms with Crippen molar-refractivity contribution in [1.82, 2.24) is 0 Å². The molecule has 2 N–H and O–H groups in total. The summed E-state index contributed by atoms with van der Waals surface area (Å²) in [5.74, 6) is 0. The van der Waals surface area contributed by atoms with Crippen LogP contribution in [0.4, 0.5) is 0 Å². The smallest absolute Gasteiger partial charge is 0.0648 e. The molecule has 1 unspecified atom stereocenters. The van der Waals surface area contributed by atoms with E-state index in [-0.39, 0.29) is 6.10 Å². The van der Waals surface area contributed by atoms with Crippen LogP contribution in [0.5, 0.6) is 0 Å². The maximum Gasteiger partial charge on any atom is 0.0648 e. The van der Waals surface area contributed by atoms with Gasteiger partial charge in [-0.3, -0.25) is 0 Å². The van der Waals surface area contributed by atoms with Gasteiger partial charge in [0.1, 0.15) is 0 Å². The Morgan fingerprint density at radius 2 is 1.79 bits per heavy atom. The lowest BCUT2D eigenvalue weighted by Crippen LogP contribution is -2.32. The van der Waals surface area contributed by atoms with E-state index < -0.39 is 5.60 Å². The zero-order valence-electron chi connectivity index (χ0n) is 9.34. The van der Waals surface area contributed by atoms with Crippen molar-refractivity contribution in [1.29, 1.82) is 0 Å². The molecule has 0 aliphatic heterocycles. The fraction of sp³-hybridized carbons (Fsp3) is 1.00. The molecule has 1 aliphatic rings. The highest BCUT2D eigenvalue weighted by Crippen LogP contribution is 2.32. The summed E-state index contributed by atoms with van der Waals surface area (Å²) in [6.07, 6.45) is 8.69. The van der Waals surface area contributed by atoms with Crippen molar-refractivity contribution >= 4 is 0 Å². The monoisotopic (exact) mass is 200 g/mol. The third kappa shape index (κ3) is 3.97. The van der Waals surface area contributed by atoms with Crippen LogP contribution < -0.4 is 0 Å². The maximum atomic E-state index is 10.2. The van der Waals surface area contributed by atoms with Crippen LogP contribution >= 0.6 is 0 Å². The lowest BCUT2D eigenvalue weighted by molar-refractivity contribution is -0.0162. The van der Waals surface area contributed by atoms with Crippen molar-refractivity contribution in [3.8, 4) is 0 Å². The minimum Gasteiger partial charge on any atom is -0.393 e. The van der Waals surface area contributed by atoms with Crippen molar-refractivity contribution in [2.75, 3.05) is 0 Å². The van der Waals surface area contributed by atoms with Crippen LogP contribution in [0.3, 0.4) is 0 Å². The molecule has 2 heteroatoms. The molecule has 1 saturated carbocycles. The quantitative estimate of drug-likeness (QED) is 0.716. The molecule has 84 valence electrons. The van der Waals surface area contributed by atoms with E-state index >= 15 is 0 Å². The molecule has 1 atom stereocenters. The molecule has 0 radical (unpaired) electrons. The molecule has 0 heterocycles. The van der Waals surface area contributed by atoms with E-state index in [4.69, 9.17) is 0 Å². The van der Waals surface area contributed by atoms with E-state index in [9.17, 15) is 10.2 Å². The van der Waals surface area contributed by atoms with Crippen LogP contribution in [-0.4, -0.2) is 21.9 Å². The van der Waals surface area contributed by atoms with Gasteiger partial charge in [-0.2, -0.15) is 0 Å². The van der Waals surface area contributed by atoms with Crippen LogP contribution in [0.2, 0.25) is 0 Å².